The number of alkyl halides is 1. The van der Waals surface area contributed by atoms with Crippen molar-refractivity contribution < 1.29 is 17.6 Å². The molecule has 7 heteroatoms. The summed E-state index contributed by atoms with van der Waals surface area (Å²) in [4.78, 5) is 10.5. The van der Waals surface area contributed by atoms with Crippen LogP contribution in [-0.4, -0.2) is 36.5 Å². The van der Waals surface area contributed by atoms with E-state index in [1.807, 2.05) is 0 Å². The zero-order valence-electron chi connectivity index (χ0n) is 9.05. The van der Waals surface area contributed by atoms with E-state index in [9.17, 15) is 17.6 Å². The van der Waals surface area contributed by atoms with E-state index in [4.69, 9.17) is 0 Å². The Morgan fingerprint density at radius 2 is 2.25 bits per heavy atom. The zero-order valence-corrected chi connectivity index (χ0v) is 9.87. The summed E-state index contributed by atoms with van der Waals surface area (Å²) in [5.74, 6) is -0.132. The van der Waals surface area contributed by atoms with E-state index in [0.717, 1.165) is 6.26 Å². The first-order chi connectivity index (χ1) is 7.33. The van der Waals surface area contributed by atoms with Gasteiger partial charge in [0.2, 0.25) is 0 Å². The fourth-order valence-electron chi connectivity index (χ4n) is 1.26. The Kier molecular flexibility index (Phi) is 3.79. The highest BCUT2D eigenvalue weighted by atomic mass is 32.2. The molecule has 1 atom stereocenters. The average molecular weight is 248 g/mol. The van der Waals surface area contributed by atoms with Crippen LogP contribution in [0.5, 0.6) is 0 Å². The molecule has 0 saturated carbocycles. The van der Waals surface area contributed by atoms with Crippen molar-refractivity contribution in [3.63, 3.8) is 0 Å². The molecule has 0 aromatic carbocycles. The molecule has 1 rings (SSSR count). The smallest absolute Gasteiger partial charge is 0.170 e. The van der Waals surface area contributed by atoms with Gasteiger partial charge in [0.25, 0.3) is 0 Å². The maximum atomic E-state index is 13.1. The average Bonchev–Trinajstić information content (AvgIpc) is 2.56. The third-order valence-corrected chi connectivity index (χ3v) is 2.96. The number of aromatic nitrogens is 2. The highest BCUT2D eigenvalue weighted by Crippen LogP contribution is 2.17. The lowest BCUT2D eigenvalue weighted by Gasteiger charge is -2.06. The van der Waals surface area contributed by atoms with E-state index < -0.39 is 16.0 Å². The van der Waals surface area contributed by atoms with Crippen LogP contribution in [0.25, 0.3) is 0 Å². The van der Waals surface area contributed by atoms with Crippen molar-refractivity contribution in [2.24, 2.45) is 0 Å². The van der Waals surface area contributed by atoms with E-state index in [0.29, 0.717) is 6.29 Å². The molecule has 1 aromatic heterocycles. The summed E-state index contributed by atoms with van der Waals surface area (Å²) in [6.45, 7) is 1.36. The SMILES string of the molecule is CC(F)c1cc(C=O)nn1CCS(C)(=O)=O. The van der Waals surface area contributed by atoms with Gasteiger partial charge in [-0.05, 0) is 13.0 Å². The number of nitrogens with zero attached hydrogens (tertiary/aromatic N) is 2. The third-order valence-electron chi connectivity index (χ3n) is 2.03. The normalized spacial score (nSPS) is 13.7. The number of aldehydes is 1. The summed E-state index contributed by atoms with van der Waals surface area (Å²) in [5, 5.41) is 3.80. The lowest BCUT2D eigenvalue weighted by atomic mass is 10.3. The minimum Gasteiger partial charge on any atom is -0.296 e. The molecule has 0 radical (unpaired) electrons. The molecule has 90 valence electrons. The van der Waals surface area contributed by atoms with Gasteiger partial charge < -0.3 is 0 Å². The van der Waals surface area contributed by atoms with Crippen LogP contribution in [0.4, 0.5) is 4.39 Å². The molecule has 0 amide bonds. The van der Waals surface area contributed by atoms with Crippen molar-refractivity contribution in [1.82, 2.24) is 9.78 Å². The van der Waals surface area contributed by atoms with E-state index >= 15 is 0 Å². The Balaban J connectivity index is 2.93. The first-order valence-corrected chi connectivity index (χ1v) is 6.74. The van der Waals surface area contributed by atoms with E-state index in [2.05, 4.69) is 5.10 Å². The second-order valence-corrected chi connectivity index (χ2v) is 5.84. The molecule has 16 heavy (non-hydrogen) atoms. The van der Waals surface area contributed by atoms with Crippen molar-refractivity contribution >= 4 is 16.1 Å². The predicted molar refractivity (Wildman–Crippen MR) is 56.8 cm³/mol. The molecule has 1 heterocycles. The lowest BCUT2D eigenvalue weighted by molar-refractivity contribution is 0.111. The minimum atomic E-state index is -3.13. The summed E-state index contributed by atoms with van der Waals surface area (Å²) < 4.78 is 36.3. The number of aryl methyl sites for hydroxylation is 1. The van der Waals surface area contributed by atoms with Gasteiger partial charge in [-0.3, -0.25) is 9.48 Å². The number of carbonyl (C=O) groups is 1. The van der Waals surface area contributed by atoms with E-state index in [1.165, 1.54) is 17.7 Å². The summed E-state index contributed by atoms with van der Waals surface area (Å²) in [6.07, 6.45) is 0.305. The molecule has 0 fully saturated rings. The Labute approximate surface area is 93.2 Å². The predicted octanol–water partition coefficient (Wildman–Crippen LogP) is 0.771. The Morgan fingerprint density at radius 3 is 2.69 bits per heavy atom. The van der Waals surface area contributed by atoms with Gasteiger partial charge in [-0.2, -0.15) is 5.10 Å². The van der Waals surface area contributed by atoms with Crippen LogP contribution in [0.1, 0.15) is 29.3 Å². The largest absolute Gasteiger partial charge is 0.296 e. The maximum Gasteiger partial charge on any atom is 0.170 e. The number of halogens is 1. The fraction of sp³-hybridized carbons (Fsp3) is 0.556. The molecule has 0 bridgehead atoms. The molecule has 0 aliphatic heterocycles. The number of hydrogen-bond acceptors (Lipinski definition) is 4. The first kappa shape index (κ1) is 12.8. The Bertz CT molecular complexity index is 479. The topological polar surface area (TPSA) is 69.0 Å². The van der Waals surface area contributed by atoms with Gasteiger partial charge in [0.1, 0.15) is 21.7 Å². The summed E-state index contributed by atoms with van der Waals surface area (Å²) in [6, 6.07) is 1.32. The molecule has 0 saturated heterocycles. The maximum absolute atomic E-state index is 13.1. The molecule has 0 spiro atoms. The van der Waals surface area contributed by atoms with Crippen LogP contribution in [0.2, 0.25) is 0 Å². The minimum absolute atomic E-state index is 0.0519. The highest BCUT2D eigenvalue weighted by Gasteiger charge is 2.14. The molecular weight excluding hydrogens is 235 g/mol. The van der Waals surface area contributed by atoms with E-state index in [1.54, 1.807) is 0 Å². The number of rotatable bonds is 5. The second-order valence-electron chi connectivity index (χ2n) is 3.58. The van der Waals surface area contributed by atoms with Crippen LogP contribution in [0.3, 0.4) is 0 Å². The van der Waals surface area contributed by atoms with Crippen LogP contribution in [0, 0.1) is 0 Å². The van der Waals surface area contributed by atoms with Gasteiger partial charge in [-0.25, -0.2) is 12.8 Å². The molecule has 1 aromatic rings. The highest BCUT2D eigenvalue weighted by molar-refractivity contribution is 7.90. The molecule has 0 aliphatic rings. The number of carbonyl (C=O) groups excluding carboxylic acids is 1. The summed E-state index contributed by atoms with van der Waals surface area (Å²) in [7, 11) is -3.13. The van der Waals surface area contributed by atoms with Crippen LogP contribution < -0.4 is 0 Å². The van der Waals surface area contributed by atoms with Gasteiger partial charge in [-0.15, -0.1) is 0 Å². The van der Waals surface area contributed by atoms with Gasteiger partial charge in [0, 0.05) is 6.26 Å². The Hall–Kier alpha value is -1.24. The van der Waals surface area contributed by atoms with Crippen LogP contribution in [0.15, 0.2) is 6.07 Å². The van der Waals surface area contributed by atoms with Crippen molar-refractivity contribution in [3.8, 4) is 0 Å². The molecule has 1 unspecified atom stereocenters. The zero-order chi connectivity index (χ0) is 12.3. The third kappa shape index (κ3) is 3.41. The number of hydrogen-bond donors (Lipinski definition) is 0. The summed E-state index contributed by atoms with van der Waals surface area (Å²) in [5.41, 5.74) is 0.318. The van der Waals surface area contributed by atoms with Gasteiger partial charge in [0.15, 0.2) is 6.29 Å². The number of sulfone groups is 1. The lowest BCUT2D eigenvalue weighted by Crippen LogP contribution is -2.14. The molecule has 0 aliphatic carbocycles. The molecule has 0 N–H and O–H groups in total. The van der Waals surface area contributed by atoms with Crippen molar-refractivity contribution in [1.29, 1.82) is 0 Å². The molecule has 5 nitrogen and oxygen atoms in total. The monoisotopic (exact) mass is 248 g/mol. The standard InChI is InChI=1S/C9H13FN2O3S/c1-7(10)9-5-8(6-13)11-12(9)3-4-16(2,14)15/h5-7H,3-4H2,1-2H3. The Morgan fingerprint density at radius 1 is 1.62 bits per heavy atom. The second kappa shape index (κ2) is 4.73. The fourth-order valence-corrected chi connectivity index (χ4v) is 1.77. The van der Waals surface area contributed by atoms with Crippen molar-refractivity contribution in [2.45, 2.75) is 19.6 Å². The van der Waals surface area contributed by atoms with Gasteiger partial charge in [-0.1, -0.05) is 0 Å². The van der Waals surface area contributed by atoms with Gasteiger partial charge in [0.05, 0.1) is 18.0 Å². The van der Waals surface area contributed by atoms with E-state index in [-0.39, 0.29) is 23.7 Å². The first-order valence-electron chi connectivity index (χ1n) is 4.68. The molecular formula is C9H13FN2O3S. The van der Waals surface area contributed by atoms with Crippen LogP contribution in [-0.2, 0) is 16.4 Å². The quantitative estimate of drug-likeness (QED) is 0.722. The summed E-state index contributed by atoms with van der Waals surface area (Å²) >= 11 is 0. The van der Waals surface area contributed by atoms with Crippen molar-refractivity contribution in [3.05, 3.63) is 17.5 Å². The van der Waals surface area contributed by atoms with Gasteiger partial charge >= 0.3 is 0 Å². The van der Waals surface area contributed by atoms with Crippen LogP contribution >= 0.6 is 0 Å². The van der Waals surface area contributed by atoms with Crippen molar-refractivity contribution in [2.75, 3.05) is 12.0 Å².